The fourth-order valence-corrected chi connectivity index (χ4v) is 5.91. The van der Waals surface area contributed by atoms with Crippen molar-refractivity contribution in [1.29, 1.82) is 0 Å². The first kappa shape index (κ1) is 28.5. The second kappa shape index (κ2) is 11.4. The summed E-state index contributed by atoms with van der Waals surface area (Å²) in [5, 5.41) is 11.7. The molecule has 4 heterocycles. The Labute approximate surface area is 239 Å². The van der Waals surface area contributed by atoms with Gasteiger partial charge in [-0.2, -0.15) is 10.1 Å². The van der Waals surface area contributed by atoms with E-state index in [2.05, 4.69) is 58.0 Å². The number of rotatable bonds is 7. The predicted octanol–water partition coefficient (Wildman–Crippen LogP) is 2.80. The van der Waals surface area contributed by atoms with Crippen LogP contribution in [0.2, 0.25) is 0 Å². The van der Waals surface area contributed by atoms with Crippen LogP contribution in [0.5, 0.6) is 0 Å². The van der Waals surface area contributed by atoms with Gasteiger partial charge in [0.1, 0.15) is 5.82 Å². The number of nitrogens with zero attached hydrogens (tertiary/aromatic N) is 7. The largest absolute Gasteiger partial charge is 0.354 e. The lowest BCUT2D eigenvalue weighted by Crippen LogP contribution is -2.54. The molecule has 2 aromatic heterocycles. The highest BCUT2D eigenvalue weighted by Gasteiger charge is 2.35. The normalized spacial score (nSPS) is 19.3. The molecule has 5 rings (SSSR count). The number of hydrogen-bond donors (Lipinski definition) is 2. The number of carbonyl (C=O) groups is 2. The number of likely N-dealkylation sites (N-methyl/N-ethyl adjacent to an activating group) is 1. The zero-order valence-electron chi connectivity index (χ0n) is 24.4. The second-order valence-corrected chi connectivity index (χ2v) is 11.2. The van der Waals surface area contributed by atoms with Gasteiger partial charge in [0.25, 0.3) is 5.91 Å². The molecule has 2 N–H and O–H groups in total. The van der Waals surface area contributed by atoms with E-state index >= 15 is 0 Å². The maximum absolute atomic E-state index is 13.6. The van der Waals surface area contributed by atoms with Crippen molar-refractivity contribution in [2.24, 2.45) is 0 Å². The molecule has 2 aliphatic heterocycles. The fourth-order valence-electron chi connectivity index (χ4n) is 5.91. The third-order valence-electron chi connectivity index (χ3n) is 8.15. The van der Waals surface area contributed by atoms with E-state index in [0.717, 1.165) is 28.0 Å². The molecular formula is C29H38FN9O2. The van der Waals surface area contributed by atoms with Gasteiger partial charge < -0.3 is 20.0 Å². The Bertz CT molecular complexity index is 1490. The standard InChI is InChI=1S/C29H38FN9O2/c1-17-7-8-22-20(14-32-35-22)26(17)24-13-23-21(16-37(24)6)27(34-29(33-23)31-10-9-25(40)36(4)5)39-12-11-38(15-18(39)2)28(41)19(3)30/h7-8,14,18,24H,3,9-13,15-16H2,1-2,4-6H3,(H,32,35)(H,31,33,34)/t18-,24?/m0/s1. The number of H-pyrrole nitrogens is 1. The molecule has 1 saturated heterocycles. The molecule has 1 aromatic carbocycles. The molecule has 0 radical (unpaired) electrons. The van der Waals surface area contributed by atoms with E-state index in [4.69, 9.17) is 9.97 Å². The van der Waals surface area contributed by atoms with Gasteiger partial charge in [-0.1, -0.05) is 12.6 Å². The molecule has 0 bridgehead atoms. The van der Waals surface area contributed by atoms with Crippen molar-refractivity contribution in [2.75, 3.05) is 57.5 Å². The highest BCUT2D eigenvalue weighted by atomic mass is 19.1. The van der Waals surface area contributed by atoms with Crippen molar-refractivity contribution in [3.63, 3.8) is 0 Å². The summed E-state index contributed by atoms with van der Waals surface area (Å²) in [6, 6.07) is 4.16. The summed E-state index contributed by atoms with van der Waals surface area (Å²) >= 11 is 0. The number of hydrogen-bond acceptors (Lipinski definition) is 8. The highest BCUT2D eigenvalue weighted by Crippen LogP contribution is 2.39. The van der Waals surface area contributed by atoms with Crippen LogP contribution in [0.4, 0.5) is 16.2 Å². The smallest absolute Gasteiger partial charge is 0.282 e. The van der Waals surface area contributed by atoms with Gasteiger partial charge in [0.2, 0.25) is 11.9 Å². The maximum Gasteiger partial charge on any atom is 0.282 e. The van der Waals surface area contributed by atoms with Crippen LogP contribution >= 0.6 is 0 Å². The Balaban J connectivity index is 1.50. The van der Waals surface area contributed by atoms with Crippen LogP contribution < -0.4 is 10.2 Å². The SMILES string of the molecule is C=C(F)C(=O)N1CCN(c2nc(NCCC(=O)N(C)C)nc3c2CN(C)C(c2c(C)ccc4[nH]ncc24)C3)[C@@H](C)C1. The van der Waals surface area contributed by atoms with Crippen molar-refractivity contribution < 1.29 is 14.0 Å². The molecule has 11 nitrogen and oxygen atoms in total. The van der Waals surface area contributed by atoms with Crippen molar-refractivity contribution >= 4 is 34.5 Å². The van der Waals surface area contributed by atoms with Gasteiger partial charge in [-0.25, -0.2) is 9.37 Å². The van der Waals surface area contributed by atoms with E-state index in [1.807, 2.05) is 13.1 Å². The molecule has 0 spiro atoms. The number of nitrogens with one attached hydrogen (secondary N) is 2. The summed E-state index contributed by atoms with van der Waals surface area (Å²) in [5.74, 6) is -0.321. The first-order valence-electron chi connectivity index (χ1n) is 13.9. The molecule has 1 fully saturated rings. The van der Waals surface area contributed by atoms with Crippen LogP contribution in [0.15, 0.2) is 30.7 Å². The summed E-state index contributed by atoms with van der Waals surface area (Å²) < 4.78 is 13.6. The molecule has 1 unspecified atom stereocenters. The first-order valence-corrected chi connectivity index (χ1v) is 13.9. The molecule has 12 heteroatoms. The minimum atomic E-state index is -0.945. The monoisotopic (exact) mass is 563 g/mol. The molecule has 0 saturated carbocycles. The van der Waals surface area contributed by atoms with Crippen LogP contribution in [0, 0.1) is 6.92 Å². The van der Waals surface area contributed by atoms with E-state index in [0.29, 0.717) is 51.5 Å². The summed E-state index contributed by atoms with van der Waals surface area (Å²) in [6.45, 7) is 9.58. The van der Waals surface area contributed by atoms with Gasteiger partial charge in [-0.15, -0.1) is 0 Å². The van der Waals surface area contributed by atoms with Gasteiger partial charge in [0, 0.05) is 82.7 Å². The van der Waals surface area contributed by atoms with Gasteiger partial charge in [-0.05, 0) is 38.1 Å². The van der Waals surface area contributed by atoms with E-state index in [1.165, 1.54) is 16.0 Å². The number of benzene rings is 1. The van der Waals surface area contributed by atoms with E-state index < -0.39 is 11.7 Å². The number of halogens is 1. The molecule has 0 aliphatic carbocycles. The lowest BCUT2D eigenvalue weighted by molar-refractivity contribution is -0.129. The molecule has 41 heavy (non-hydrogen) atoms. The Morgan fingerprint density at radius 1 is 1.24 bits per heavy atom. The molecule has 3 aromatic rings. The Hall–Kier alpha value is -4.06. The predicted molar refractivity (Wildman–Crippen MR) is 156 cm³/mol. The number of aromatic amines is 1. The lowest BCUT2D eigenvalue weighted by atomic mass is 9.89. The maximum atomic E-state index is 13.6. The van der Waals surface area contributed by atoms with E-state index in [9.17, 15) is 14.0 Å². The van der Waals surface area contributed by atoms with Crippen LogP contribution in [0.3, 0.4) is 0 Å². The van der Waals surface area contributed by atoms with Gasteiger partial charge in [-0.3, -0.25) is 19.6 Å². The quantitative estimate of drug-likeness (QED) is 0.422. The zero-order valence-corrected chi connectivity index (χ0v) is 24.4. The minimum absolute atomic E-state index is 0.0184. The fraction of sp³-hybridized carbons (Fsp3) is 0.483. The van der Waals surface area contributed by atoms with E-state index in [1.54, 1.807) is 19.0 Å². The topological polar surface area (TPSA) is 114 Å². The number of aromatic nitrogens is 4. The van der Waals surface area contributed by atoms with Gasteiger partial charge in [0.15, 0.2) is 5.83 Å². The van der Waals surface area contributed by atoms with Crippen molar-refractivity contribution in [1.82, 2.24) is 34.9 Å². The van der Waals surface area contributed by atoms with Crippen LogP contribution in [-0.4, -0.2) is 100 Å². The Morgan fingerprint density at radius 2 is 2.02 bits per heavy atom. The second-order valence-electron chi connectivity index (χ2n) is 11.2. The summed E-state index contributed by atoms with van der Waals surface area (Å²) in [7, 11) is 5.58. The molecule has 2 amide bonds. The number of amides is 2. The molecule has 2 atom stereocenters. The summed E-state index contributed by atoms with van der Waals surface area (Å²) in [6.07, 6.45) is 2.88. The number of aryl methyl sites for hydroxylation is 1. The number of carbonyl (C=O) groups excluding carboxylic acids is 2. The Morgan fingerprint density at radius 3 is 2.73 bits per heavy atom. The average Bonchev–Trinajstić information content (AvgIpc) is 3.41. The Kier molecular flexibility index (Phi) is 7.94. The van der Waals surface area contributed by atoms with Gasteiger partial charge >= 0.3 is 0 Å². The summed E-state index contributed by atoms with van der Waals surface area (Å²) in [4.78, 5) is 41.9. The first-order chi connectivity index (χ1) is 19.5. The number of piperazine rings is 1. The molecular weight excluding hydrogens is 525 g/mol. The van der Waals surface area contributed by atoms with Crippen LogP contribution in [0.1, 0.15) is 41.8 Å². The lowest BCUT2D eigenvalue weighted by Gasteiger charge is -2.43. The number of anilines is 2. The third kappa shape index (κ3) is 5.61. The van der Waals surface area contributed by atoms with Crippen LogP contribution in [0.25, 0.3) is 10.9 Å². The number of fused-ring (bicyclic) bond motifs is 2. The molecule has 218 valence electrons. The van der Waals surface area contributed by atoms with Gasteiger partial charge in [0.05, 0.1) is 17.4 Å². The van der Waals surface area contributed by atoms with Crippen molar-refractivity contribution in [3.8, 4) is 0 Å². The summed E-state index contributed by atoms with van der Waals surface area (Å²) in [5.41, 5.74) is 5.40. The highest BCUT2D eigenvalue weighted by molar-refractivity contribution is 5.90. The third-order valence-corrected chi connectivity index (χ3v) is 8.15. The minimum Gasteiger partial charge on any atom is -0.354 e. The van der Waals surface area contributed by atoms with Crippen molar-refractivity contribution in [3.05, 3.63) is 53.1 Å². The van der Waals surface area contributed by atoms with Crippen molar-refractivity contribution in [2.45, 2.75) is 45.3 Å². The zero-order chi connectivity index (χ0) is 29.4. The average molecular weight is 564 g/mol. The van der Waals surface area contributed by atoms with E-state index in [-0.39, 0.29) is 18.0 Å². The van der Waals surface area contributed by atoms with Crippen LogP contribution in [-0.2, 0) is 22.6 Å². The molecule has 2 aliphatic rings.